The van der Waals surface area contributed by atoms with Crippen LogP contribution in [0.25, 0.3) is 0 Å². The third-order valence-electron chi connectivity index (χ3n) is 2.73. The Balaban J connectivity index is 2.47. The third kappa shape index (κ3) is 2.56. The molecule has 3 N–H and O–H groups in total. The van der Waals surface area contributed by atoms with Crippen LogP contribution in [-0.2, 0) is 10.0 Å². The van der Waals surface area contributed by atoms with E-state index in [1.165, 1.54) is 43.6 Å². The molecule has 2 rings (SSSR count). The van der Waals surface area contributed by atoms with E-state index in [1.807, 2.05) is 0 Å². The molecule has 0 aliphatic rings. The Morgan fingerprint density at radius 3 is 2.65 bits per heavy atom. The minimum Gasteiger partial charge on any atom is -0.308 e. The molecule has 1 aromatic heterocycles. The van der Waals surface area contributed by atoms with Crippen molar-refractivity contribution in [3.05, 3.63) is 48.4 Å². The smallest absolute Gasteiger partial charge is 0.264 e. The summed E-state index contributed by atoms with van der Waals surface area (Å²) >= 11 is 0. The van der Waals surface area contributed by atoms with Crippen LogP contribution in [0.4, 0.5) is 15.9 Å². The van der Waals surface area contributed by atoms with Gasteiger partial charge in [-0.25, -0.2) is 23.6 Å². The lowest BCUT2D eigenvalue weighted by Crippen LogP contribution is -2.27. The molecule has 0 aliphatic carbocycles. The number of rotatable bonds is 4. The topological polar surface area (TPSA) is 88.3 Å². The maximum absolute atomic E-state index is 13.7. The van der Waals surface area contributed by atoms with Gasteiger partial charge >= 0.3 is 0 Å². The van der Waals surface area contributed by atoms with E-state index in [0.29, 0.717) is 0 Å². The highest BCUT2D eigenvalue weighted by molar-refractivity contribution is 7.92. The maximum atomic E-state index is 13.7. The molecule has 1 aromatic carbocycles. The van der Waals surface area contributed by atoms with Crippen molar-refractivity contribution in [3.63, 3.8) is 0 Å². The number of aromatic nitrogens is 1. The van der Waals surface area contributed by atoms with Gasteiger partial charge in [-0.15, -0.1) is 0 Å². The minimum absolute atomic E-state index is 0.0356. The Labute approximate surface area is 116 Å². The summed E-state index contributed by atoms with van der Waals surface area (Å²) in [4.78, 5) is 3.79. The number of hydrogen-bond acceptors (Lipinski definition) is 5. The standard InChI is InChI=1S/C12H13FN4O2S/c1-17(11-5-3-2-4-10(11)13)20(18,19)9-6-7-15-12(8-9)16-14/h2-8H,14H2,1H3,(H,15,16). The predicted octanol–water partition coefficient (Wildman–Crippen LogP) is 1.33. The quantitative estimate of drug-likeness (QED) is 0.656. The second-order valence-corrected chi connectivity index (χ2v) is 5.91. The van der Waals surface area contributed by atoms with Crippen molar-refractivity contribution in [2.24, 2.45) is 5.84 Å². The first kappa shape index (κ1) is 14.2. The minimum atomic E-state index is -3.89. The van der Waals surface area contributed by atoms with Gasteiger partial charge in [0.1, 0.15) is 11.6 Å². The number of anilines is 2. The van der Waals surface area contributed by atoms with Crippen LogP contribution >= 0.6 is 0 Å². The summed E-state index contributed by atoms with van der Waals surface area (Å²) < 4.78 is 39.4. The molecule has 0 spiro atoms. The maximum Gasteiger partial charge on any atom is 0.264 e. The summed E-state index contributed by atoms with van der Waals surface area (Å²) in [6.07, 6.45) is 1.30. The first-order valence-corrected chi connectivity index (χ1v) is 7.07. The molecule has 0 fully saturated rings. The Morgan fingerprint density at radius 2 is 2.00 bits per heavy atom. The fourth-order valence-electron chi connectivity index (χ4n) is 1.65. The zero-order valence-corrected chi connectivity index (χ0v) is 11.4. The first-order valence-electron chi connectivity index (χ1n) is 5.63. The molecular weight excluding hydrogens is 283 g/mol. The number of sulfonamides is 1. The van der Waals surface area contributed by atoms with E-state index in [9.17, 15) is 12.8 Å². The van der Waals surface area contributed by atoms with Crippen molar-refractivity contribution in [2.75, 3.05) is 16.8 Å². The van der Waals surface area contributed by atoms with Crippen LogP contribution in [0.3, 0.4) is 0 Å². The summed E-state index contributed by atoms with van der Waals surface area (Å²) in [5, 5.41) is 0. The van der Waals surface area contributed by atoms with Crippen LogP contribution in [0, 0.1) is 5.82 Å². The van der Waals surface area contributed by atoms with Crippen molar-refractivity contribution < 1.29 is 12.8 Å². The van der Waals surface area contributed by atoms with Crippen LogP contribution in [0.1, 0.15) is 0 Å². The van der Waals surface area contributed by atoms with E-state index in [2.05, 4.69) is 10.4 Å². The second kappa shape index (κ2) is 5.43. The van der Waals surface area contributed by atoms with Crippen LogP contribution in [-0.4, -0.2) is 20.4 Å². The molecule has 106 valence electrons. The number of halogens is 1. The van der Waals surface area contributed by atoms with Gasteiger partial charge in [-0.05, 0) is 18.2 Å². The van der Waals surface area contributed by atoms with E-state index < -0.39 is 15.8 Å². The Bertz CT molecular complexity index is 721. The van der Waals surface area contributed by atoms with Gasteiger partial charge in [0.05, 0.1) is 10.6 Å². The van der Waals surface area contributed by atoms with Crippen molar-refractivity contribution >= 4 is 21.5 Å². The summed E-state index contributed by atoms with van der Waals surface area (Å²) in [6.45, 7) is 0. The van der Waals surface area contributed by atoms with Crippen molar-refractivity contribution in [2.45, 2.75) is 4.90 Å². The molecule has 0 amide bonds. The normalized spacial score (nSPS) is 11.2. The molecular formula is C12H13FN4O2S. The fraction of sp³-hybridized carbons (Fsp3) is 0.0833. The lowest BCUT2D eigenvalue weighted by atomic mass is 10.3. The van der Waals surface area contributed by atoms with Crippen LogP contribution in [0.2, 0.25) is 0 Å². The average Bonchev–Trinajstić information content (AvgIpc) is 2.47. The number of nitrogens with two attached hydrogens (primary N) is 1. The van der Waals surface area contributed by atoms with E-state index in [4.69, 9.17) is 5.84 Å². The molecule has 0 atom stereocenters. The number of pyridine rings is 1. The lowest BCUT2D eigenvalue weighted by molar-refractivity contribution is 0.589. The molecule has 20 heavy (non-hydrogen) atoms. The zero-order valence-electron chi connectivity index (χ0n) is 10.6. The van der Waals surface area contributed by atoms with E-state index in [1.54, 1.807) is 6.07 Å². The summed E-state index contributed by atoms with van der Waals surface area (Å²) in [5.74, 6) is 4.77. The number of para-hydroxylation sites is 1. The summed E-state index contributed by atoms with van der Waals surface area (Å²) in [5.41, 5.74) is 2.23. The van der Waals surface area contributed by atoms with Crippen LogP contribution < -0.4 is 15.6 Å². The van der Waals surface area contributed by atoms with Gasteiger partial charge < -0.3 is 5.43 Å². The van der Waals surface area contributed by atoms with Gasteiger partial charge in [0.25, 0.3) is 10.0 Å². The molecule has 2 aromatic rings. The summed E-state index contributed by atoms with van der Waals surface area (Å²) in [7, 11) is -2.61. The molecule has 0 unspecified atom stereocenters. The highest BCUT2D eigenvalue weighted by Crippen LogP contribution is 2.24. The molecule has 0 radical (unpaired) electrons. The highest BCUT2D eigenvalue weighted by Gasteiger charge is 2.23. The fourth-order valence-corrected chi connectivity index (χ4v) is 2.86. The number of nitrogens with zero attached hydrogens (tertiary/aromatic N) is 2. The van der Waals surface area contributed by atoms with Crippen LogP contribution in [0.15, 0.2) is 47.5 Å². The highest BCUT2D eigenvalue weighted by atomic mass is 32.2. The monoisotopic (exact) mass is 296 g/mol. The van der Waals surface area contributed by atoms with Gasteiger partial charge in [-0.3, -0.25) is 4.31 Å². The van der Waals surface area contributed by atoms with Gasteiger partial charge in [0.15, 0.2) is 0 Å². The molecule has 0 aliphatic heterocycles. The zero-order chi connectivity index (χ0) is 14.8. The van der Waals surface area contributed by atoms with Crippen molar-refractivity contribution in [1.29, 1.82) is 0 Å². The lowest BCUT2D eigenvalue weighted by Gasteiger charge is -2.20. The van der Waals surface area contributed by atoms with E-state index >= 15 is 0 Å². The van der Waals surface area contributed by atoms with Gasteiger partial charge in [0, 0.05) is 19.3 Å². The molecule has 0 bridgehead atoms. The Hall–Kier alpha value is -2.19. The first-order chi connectivity index (χ1) is 9.46. The number of nitrogen functional groups attached to an aromatic ring is 1. The van der Waals surface area contributed by atoms with Crippen LogP contribution in [0.5, 0.6) is 0 Å². The van der Waals surface area contributed by atoms with Crippen molar-refractivity contribution in [3.8, 4) is 0 Å². The Morgan fingerprint density at radius 1 is 1.30 bits per heavy atom. The van der Waals surface area contributed by atoms with Gasteiger partial charge in [-0.2, -0.15) is 0 Å². The molecule has 0 saturated carbocycles. The molecule has 6 nitrogen and oxygen atoms in total. The molecule has 0 saturated heterocycles. The van der Waals surface area contributed by atoms with Crippen molar-refractivity contribution in [1.82, 2.24) is 4.98 Å². The second-order valence-electron chi connectivity index (χ2n) is 3.95. The van der Waals surface area contributed by atoms with Gasteiger partial charge in [-0.1, -0.05) is 12.1 Å². The Kier molecular flexibility index (Phi) is 3.86. The number of hydrazine groups is 1. The van der Waals surface area contributed by atoms with Gasteiger partial charge in [0.2, 0.25) is 0 Å². The number of hydrogen-bond donors (Lipinski definition) is 2. The summed E-state index contributed by atoms with van der Waals surface area (Å²) in [6, 6.07) is 8.21. The molecule has 1 heterocycles. The number of benzene rings is 1. The van der Waals surface area contributed by atoms with E-state index in [0.717, 1.165) is 4.31 Å². The number of nitrogens with one attached hydrogen (secondary N) is 1. The van der Waals surface area contributed by atoms with E-state index in [-0.39, 0.29) is 16.4 Å². The third-order valence-corrected chi connectivity index (χ3v) is 4.50. The molecule has 8 heteroatoms. The SMILES string of the molecule is CN(c1ccccc1F)S(=O)(=O)c1ccnc(NN)c1. The predicted molar refractivity (Wildman–Crippen MR) is 74.0 cm³/mol. The average molecular weight is 296 g/mol. The largest absolute Gasteiger partial charge is 0.308 e.